The Hall–Kier alpha value is -14.2. The molecule has 1 aromatic heterocycles. The van der Waals surface area contributed by atoms with E-state index in [1.807, 2.05) is 110 Å². The molecule has 144 heavy (non-hydrogen) atoms. The van der Waals surface area contributed by atoms with E-state index in [-0.39, 0.29) is 86.9 Å². The fourth-order valence-corrected chi connectivity index (χ4v) is 15.1. The molecule has 0 saturated heterocycles. The van der Waals surface area contributed by atoms with Gasteiger partial charge in [-0.3, -0.25) is 33.8 Å². The van der Waals surface area contributed by atoms with Gasteiger partial charge in [0.25, 0.3) is 0 Å². The van der Waals surface area contributed by atoms with Gasteiger partial charge in [-0.2, -0.15) is 0 Å². The zero-order valence-corrected chi connectivity index (χ0v) is 89.0. The number of aliphatic hydroxyl groups excluding tert-OH is 2. The number of benzene rings is 12. The average molecular weight is 1950 g/mol. The summed E-state index contributed by atoms with van der Waals surface area (Å²) < 4.78 is 15.9. The maximum absolute atomic E-state index is 12.3. The molecule has 20 nitrogen and oxygen atoms in total. The molecule has 0 radical (unpaired) electrons. The molecule has 6 amide bonds. The molecular formula is C124H154N8O12. The maximum Gasteiger partial charge on any atom is 0.224 e. The van der Waals surface area contributed by atoms with Crippen molar-refractivity contribution < 1.29 is 58.3 Å². The van der Waals surface area contributed by atoms with E-state index in [0.29, 0.717) is 92.1 Å². The predicted molar refractivity (Wildman–Crippen MR) is 594 cm³/mol. The maximum atomic E-state index is 12.3. The van der Waals surface area contributed by atoms with Crippen LogP contribution in [0.5, 0.6) is 23.0 Å². The number of pyridine rings is 1. The van der Waals surface area contributed by atoms with Crippen molar-refractivity contribution in [1.29, 1.82) is 0 Å². The molecule has 0 aliphatic rings. The number of carbonyl (C=O) groups is 6. The van der Waals surface area contributed by atoms with E-state index in [9.17, 15) is 39.0 Å². The molecule has 0 spiro atoms. The van der Waals surface area contributed by atoms with Crippen LogP contribution in [0.15, 0.2) is 291 Å². The summed E-state index contributed by atoms with van der Waals surface area (Å²) in [7, 11) is 8.63. The molecule has 762 valence electrons. The predicted octanol–water partition coefficient (Wildman–Crippen LogP) is 26.7. The number of hydrogen-bond donors (Lipinski definition) is 9. The van der Waals surface area contributed by atoms with E-state index in [0.717, 1.165) is 86.3 Å². The average Bonchev–Trinajstić information content (AvgIpc) is 0.820. The number of para-hydroxylation sites is 1. The number of methoxy groups -OCH3 is 3. The van der Waals surface area contributed by atoms with Gasteiger partial charge in [-0.15, -0.1) is 0 Å². The molecule has 12 aromatic carbocycles. The molecule has 13 rings (SSSR count). The van der Waals surface area contributed by atoms with Crippen LogP contribution in [0.3, 0.4) is 0 Å². The summed E-state index contributed by atoms with van der Waals surface area (Å²) in [5.41, 5.74) is 23.6. The van der Waals surface area contributed by atoms with E-state index in [1.165, 1.54) is 44.5 Å². The highest BCUT2D eigenvalue weighted by atomic mass is 16.5. The Labute approximate surface area is 856 Å². The second kappa shape index (κ2) is 54.9. The smallest absolute Gasteiger partial charge is 0.224 e. The van der Waals surface area contributed by atoms with Crippen molar-refractivity contribution in [3.05, 3.63) is 369 Å². The van der Waals surface area contributed by atoms with Crippen LogP contribution in [0.4, 0.5) is 39.8 Å². The topological polar surface area (TPSA) is 279 Å². The Bertz CT molecular complexity index is 6190. The van der Waals surface area contributed by atoms with Gasteiger partial charge in [0.15, 0.2) is 11.5 Å². The standard InChI is InChI=1S/C22H24N2O.C22H29NO4.C21H28N2O.2C20H25NO2.C19H23NO2/c1-22(2,3)18-9-6-16(7-10-18)8-13-21(25)24-19-11-12-20-17(15-19)5-4-14-23-20;1-22(2,3)16-10-7-15(8-11-16)9-12-20(24)23-17-13-18(25-4)21(27-6)19(14-17)26-5;1-21(2,3)17-9-6-16(7-10-17)8-15-20(24)22-18-11-13-19(14-12-18)23(4)5;1-20(2,3)17-10-7-15(8-11-17)9-12-19(23)21-18-6-4-5-16(13-18)14-22;1-20(2,3)17-11-8-15(9-12-17)10-13-19(23)21-18-7-5-4-6-16(18)14-22;1-19(2,3)15-7-4-14(5-8-15)6-13-18(22)20-16-9-11-17(21)12-10-16/h4-7,9-12,14-15H,8,13H2,1-3H3,(H,24,25);7-8,10-11,13-14H,9,12H2,1-6H3,(H,23,24);6-7,9-14H,8,15H2,1-5H3,(H,22,24);4-8,10-11,13,22H,9,12,14H2,1-3H3,(H,21,23);4-9,11-12,22H,10,13-14H2,1-3H3,(H,21,23);4-5,7-12,21H,6,13H2,1-3H3,(H,20,22). The first-order chi connectivity index (χ1) is 68.1. The Morgan fingerprint density at radius 2 is 0.597 bits per heavy atom. The summed E-state index contributed by atoms with van der Waals surface area (Å²) in [5.74, 6) is 1.64. The Morgan fingerprint density at radius 1 is 0.292 bits per heavy atom. The van der Waals surface area contributed by atoms with E-state index in [2.05, 4.69) is 307 Å². The summed E-state index contributed by atoms with van der Waals surface area (Å²) in [6.07, 6.45) is 8.75. The number of amides is 6. The minimum atomic E-state index is -0.0787. The van der Waals surface area contributed by atoms with E-state index < -0.39 is 0 Å². The summed E-state index contributed by atoms with van der Waals surface area (Å²) in [4.78, 5) is 79.0. The third-order valence-electron chi connectivity index (χ3n) is 24.3. The number of nitrogens with one attached hydrogen (secondary N) is 6. The summed E-state index contributed by atoms with van der Waals surface area (Å²) in [6, 6.07) is 93.0. The molecule has 13 aromatic rings. The number of aromatic hydroxyl groups is 1. The van der Waals surface area contributed by atoms with Gasteiger partial charge in [0.05, 0.1) is 40.1 Å². The first kappa shape index (κ1) is 115. The summed E-state index contributed by atoms with van der Waals surface area (Å²) >= 11 is 0. The highest BCUT2D eigenvalue weighted by molar-refractivity contribution is 5.96. The normalized spacial score (nSPS) is 11.3. The number of hydrogen-bond acceptors (Lipinski definition) is 14. The third-order valence-corrected chi connectivity index (χ3v) is 24.3. The van der Waals surface area contributed by atoms with Crippen molar-refractivity contribution >= 4 is 86.2 Å². The van der Waals surface area contributed by atoms with Gasteiger partial charge in [-0.1, -0.05) is 307 Å². The SMILES string of the molecule is CC(C)(C)c1ccc(CCC(=O)Nc2ccc(O)cc2)cc1.CC(C)(C)c1ccc(CCC(=O)Nc2ccc3ncccc3c2)cc1.CC(C)(C)c1ccc(CCC(=O)Nc2cccc(CO)c2)cc1.CC(C)(C)c1ccc(CCC(=O)Nc2ccccc2CO)cc1.CN(C)c1ccc(NC(=O)CCc2ccc(C(C)(C)C)cc2)cc1.COc1cc(NC(=O)CCc2ccc(C(C)(C)C)cc2)cc(OC)c1OC. The highest BCUT2D eigenvalue weighted by Crippen LogP contribution is 2.41. The van der Waals surface area contributed by atoms with Gasteiger partial charge in [-0.25, -0.2) is 0 Å². The third kappa shape index (κ3) is 39.9. The fraction of sp³-hybridized carbons (Fsp3) is 0.347. The largest absolute Gasteiger partial charge is 0.508 e. The van der Waals surface area contributed by atoms with Gasteiger partial charge in [0, 0.05) is 122 Å². The lowest BCUT2D eigenvalue weighted by Crippen LogP contribution is -2.14. The van der Waals surface area contributed by atoms with Crippen LogP contribution >= 0.6 is 0 Å². The Morgan fingerprint density at radius 3 is 0.910 bits per heavy atom. The summed E-state index contributed by atoms with van der Waals surface area (Å²) in [5, 5.41) is 46.0. The van der Waals surface area contributed by atoms with Crippen LogP contribution in [0, 0.1) is 0 Å². The number of aryl methyl sites for hydroxylation is 6. The highest BCUT2D eigenvalue weighted by Gasteiger charge is 2.22. The second-order valence-electron chi connectivity index (χ2n) is 42.5. The quantitative estimate of drug-likeness (QED) is 0.0189. The monoisotopic (exact) mass is 1950 g/mol. The van der Waals surface area contributed by atoms with E-state index in [4.69, 9.17) is 19.3 Å². The second-order valence-corrected chi connectivity index (χ2v) is 42.5. The van der Waals surface area contributed by atoms with Crippen molar-refractivity contribution in [2.24, 2.45) is 0 Å². The number of nitrogens with zero attached hydrogens (tertiary/aromatic N) is 2. The molecule has 9 N–H and O–H groups in total. The number of fused-ring (bicyclic) bond motifs is 1. The van der Waals surface area contributed by atoms with Gasteiger partial charge >= 0.3 is 0 Å². The number of carbonyl (C=O) groups excluding carboxylic acids is 6. The molecule has 0 saturated carbocycles. The number of anilines is 7. The molecule has 0 atom stereocenters. The van der Waals surface area contributed by atoms with Crippen LogP contribution < -0.4 is 51.0 Å². The van der Waals surface area contributed by atoms with Crippen molar-refractivity contribution in [1.82, 2.24) is 4.98 Å². The van der Waals surface area contributed by atoms with Crippen molar-refractivity contribution in [3.63, 3.8) is 0 Å². The minimum Gasteiger partial charge on any atom is -0.508 e. The van der Waals surface area contributed by atoms with E-state index >= 15 is 0 Å². The van der Waals surface area contributed by atoms with Crippen LogP contribution in [-0.2, 0) is 113 Å². The van der Waals surface area contributed by atoms with Gasteiger partial charge in [0.2, 0.25) is 41.2 Å². The number of aliphatic hydroxyl groups is 2. The molecule has 0 bridgehead atoms. The number of phenolic OH excluding ortho intramolecular Hbond substituents is 1. The van der Waals surface area contributed by atoms with Gasteiger partial charge < -0.3 is 66.3 Å². The first-order valence-corrected chi connectivity index (χ1v) is 49.5. The van der Waals surface area contributed by atoms with Gasteiger partial charge in [0.1, 0.15) is 5.75 Å². The van der Waals surface area contributed by atoms with Crippen LogP contribution in [-0.4, -0.2) is 91.2 Å². The molecule has 1 heterocycles. The number of rotatable bonds is 30. The number of phenols is 1. The lowest BCUT2D eigenvalue weighted by molar-refractivity contribution is -0.117. The van der Waals surface area contributed by atoms with Crippen LogP contribution in [0.1, 0.15) is 241 Å². The first-order valence-electron chi connectivity index (χ1n) is 49.5. The van der Waals surface area contributed by atoms with Crippen molar-refractivity contribution in [3.8, 4) is 23.0 Å². The Balaban J connectivity index is 0.000000211. The zero-order chi connectivity index (χ0) is 106. The lowest BCUT2D eigenvalue weighted by Gasteiger charge is -2.19. The van der Waals surface area contributed by atoms with E-state index in [1.54, 1.807) is 76.1 Å². The summed E-state index contributed by atoms with van der Waals surface area (Å²) in [6.45, 7) is 39.4. The molecule has 20 heteroatoms. The molecule has 0 unspecified atom stereocenters. The van der Waals surface area contributed by atoms with Crippen LogP contribution in [0.25, 0.3) is 10.9 Å². The lowest BCUT2D eigenvalue weighted by atomic mass is 9.86. The van der Waals surface area contributed by atoms with Crippen LogP contribution in [0.2, 0.25) is 0 Å². The Kier molecular flexibility index (Phi) is 43.8. The number of ether oxygens (including phenoxy) is 3. The zero-order valence-electron chi connectivity index (χ0n) is 89.0. The number of aromatic nitrogens is 1. The molecule has 0 aliphatic carbocycles. The fourth-order valence-electron chi connectivity index (χ4n) is 15.1. The van der Waals surface area contributed by atoms with Crippen molar-refractivity contribution in [2.45, 2.75) is 247 Å². The minimum absolute atomic E-state index is 0.0139. The van der Waals surface area contributed by atoms with Gasteiger partial charge in [-0.05, 0) is 234 Å². The molecule has 0 aliphatic heterocycles. The molecular weight excluding hydrogens is 1790 g/mol. The molecule has 0 fully saturated rings. The van der Waals surface area contributed by atoms with Crippen molar-refractivity contribution in [2.75, 3.05) is 72.2 Å².